The molecule has 1 heterocycles. The lowest BCUT2D eigenvalue weighted by Gasteiger charge is -2.45. The molecule has 1 aliphatic carbocycles. The van der Waals surface area contributed by atoms with Gasteiger partial charge in [-0.15, -0.1) is 0 Å². The zero-order valence-electron chi connectivity index (χ0n) is 15.1. The molecule has 0 amide bonds. The normalized spacial score (nSPS) is 34.0. The number of hydrogen-bond donors (Lipinski definition) is 4. The van der Waals surface area contributed by atoms with Crippen LogP contribution in [-0.2, 0) is 4.79 Å². The Labute approximate surface area is 145 Å². The third-order valence-electron chi connectivity index (χ3n) is 6.20. The summed E-state index contributed by atoms with van der Waals surface area (Å²) in [7, 11) is -1.32. The number of piperidine rings is 1. The van der Waals surface area contributed by atoms with Gasteiger partial charge in [0.25, 0.3) is 0 Å². The number of carbonyl (C=O) groups is 1. The molecule has 5 N–H and O–H groups in total. The van der Waals surface area contributed by atoms with Crippen molar-refractivity contribution in [3.8, 4) is 0 Å². The number of nitrogens with zero attached hydrogens (tertiary/aromatic N) is 1. The molecule has 1 saturated heterocycles. The molecular formula is C17H33BN2O4. The van der Waals surface area contributed by atoms with Crippen molar-refractivity contribution in [2.45, 2.75) is 64.2 Å². The van der Waals surface area contributed by atoms with E-state index in [9.17, 15) is 9.90 Å². The highest BCUT2D eigenvalue weighted by Crippen LogP contribution is 2.39. The van der Waals surface area contributed by atoms with Gasteiger partial charge < -0.3 is 25.8 Å². The van der Waals surface area contributed by atoms with Crippen LogP contribution in [0.15, 0.2) is 0 Å². The average Bonchev–Trinajstić information content (AvgIpc) is 2.49. The van der Waals surface area contributed by atoms with Crippen LogP contribution in [0.1, 0.15) is 52.4 Å². The molecular weight excluding hydrogens is 307 g/mol. The minimum Gasteiger partial charge on any atom is -0.480 e. The first-order valence-corrected chi connectivity index (χ1v) is 9.23. The minimum absolute atomic E-state index is 0.0356. The maximum Gasteiger partial charge on any atom is 0.451 e. The number of likely N-dealkylation sites (tertiary alicyclic amines) is 1. The largest absolute Gasteiger partial charge is 0.480 e. The predicted molar refractivity (Wildman–Crippen MR) is 94.5 cm³/mol. The maximum absolute atomic E-state index is 11.9. The summed E-state index contributed by atoms with van der Waals surface area (Å²) in [4.78, 5) is 14.2. The van der Waals surface area contributed by atoms with Gasteiger partial charge in [-0.1, -0.05) is 20.3 Å². The molecule has 3 unspecified atom stereocenters. The van der Waals surface area contributed by atoms with Gasteiger partial charge in [0.15, 0.2) is 0 Å². The lowest BCUT2D eigenvalue weighted by atomic mass is 9.66. The third kappa shape index (κ3) is 4.94. The standard InChI is InChI=1S/C17H33BN2O4/c1-16(2)6-9-20(10-7-16)12-14-4-3-13(5-8-18(23)24)11-17(14,19)15(21)22/h13-14,23-24H,3-12,19H2,1-2H3,(H,21,22). The lowest BCUT2D eigenvalue weighted by molar-refractivity contribution is -0.148. The molecule has 24 heavy (non-hydrogen) atoms. The molecule has 138 valence electrons. The lowest BCUT2D eigenvalue weighted by Crippen LogP contribution is -2.60. The molecule has 1 aliphatic heterocycles. The molecule has 6 nitrogen and oxygen atoms in total. The van der Waals surface area contributed by atoms with Gasteiger partial charge >= 0.3 is 13.1 Å². The summed E-state index contributed by atoms with van der Waals surface area (Å²) in [6.45, 7) is 7.36. The van der Waals surface area contributed by atoms with Crippen molar-refractivity contribution in [2.75, 3.05) is 19.6 Å². The summed E-state index contributed by atoms with van der Waals surface area (Å²) in [6, 6.07) is 0. The van der Waals surface area contributed by atoms with E-state index in [0.717, 1.165) is 45.3 Å². The van der Waals surface area contributed by atoms with Crippen molar-refractivity contribution in [3.05, 3.63) is 0 Å². The molecule has 2 fully saturated rings. The molecule has 0 radical (unpaired) electrons. The monoisotopic (exact) mass is 340 g/mol. The molecule has 2 rings (SSSR count). The first-order valence-electron chi connectivity index (χ1n) is 9.23. The summed E-state index contributed by atoms with van der Waals surface area (Å²) in [5, 5.41) is 27.8. The molecule has 0 spiro atoms. The van der Waals surface area contributed by atoms with Gasteiger partial charge in [-0.25, -0.2) is 0 Å². The smallest absolute Gasteiger partial charge is 0.451 e. The molecule has 0 aromatic carbocycles. The summed E-state index contributed by atoms with van der Waals surface area (Å²) >= 11 is 0. The second-order valence-electron chi connectivity index (χ2n) is 8.71. The van der Waals surface area contributed by atoms with Crippen LogP contribution < -0.4 is 5.73 Å². The second kappa shape index (κ2) is 7.73. The molecule has 0 aromatic rings. The first kappa shape index (κ1) is 19.7. The SMILES string of the molecule is CC1(C)CCN(CC2CCC(CCB(O)O)CC2(N)C(=O)O)CC1. The number of hydrogen-bond acceptors (Lipinski definition) is 5. The van der Waals surface area contributed by atoms with Gasteiger partial charge in [0.2, 0.25) is 0 Å². The fourth-order valence-electron chi connectivity index (χ4n) is 4.24. The van der Waals surface area contributed by atoms with Gasteiger partial charge in [-0.05, 0) is 62.8 Å². The Bertz CT molecular complexity index is 436. The Morgan fingerprint density at radius 3 is 2.42 bits per heavy atom. The van der Waals surface area contributed by atoms with E-state index in [1.165, 1.54) is 0 Å². The highest BCUT2D eigenvalue weighted by atomic mass is 16.4. The highest BCUT2D eigenvalue weighted by Gasteiger charge is 2.47. The second-order valence-corrected chi connectivity index (χ2v) is 8.71. The van der Waals surface area contributed by atoms with E-state index in [1.54, 1.807) is 0 Å². The number of carboxylic acids is 1. The average molecular weight is 340 g/mol. The van der Waals surface area contributed by atoms with Crippen LogP contribution in [0, 0.1) is 17.3 Å². The molecule has 1 saturated carbocycles. The number of rotatable bonds is 6. The summed E-state index contributed by atoms with van der Waals surface area (Å²) in [5.41, 5.74) is 5.54. The van der Waals surface area contributed by atoms with Crippen molar-refractivity contribution in [3.63, 3.8) is 0 Å². The van der Waals surface area contributed by atoms with Gasteiger partial charge in [-0.3, -0.25) is 4.79 Å². The fraction of sp³-hybridized carbons (Fsp3) is 0.941. The van der Waals surface area contributed by atoms with Crippen LogP contribution in [0.3, 0.4) is 0 Å². The van der Waals surface area contributed by atoms with Crippen LogP contribution in [-0.4, -0.2) is 58.3 Å². The van der Waals surface area contributed by atoms with Crippen LogP contribution in [0.4, 0.5) is 0 Å². The summed E-state index contributed by atoms with van der Waals surface area (Å²) < 4.78 is 0. The maximum atomic E-state index is 11.9. The van der Waals surface area contributed by atoms with Crippen LogP contribution >= 0.6 is 0 Å². The van der Waals surface area contributed by atoms with Crippen LogP contribution in [0.2, 0.25) is 6.32 Å². The molecule has 0 aromatic heterocycles. The number of carboxylic acid groups (broad SMARTS) is 1. The van der Waals surface area contributed by atoms with E-state index in [2.05, 4.69) is 18.7 Å². The summed E-state index contributed by atoms with van der Waals surface area (Å²) in [6.07, 6.45) is 5.33. The Hall–Kier alpha value is -0.625. The van der Waals surface area contributed by atoms with Gasteiger partial charge in [-0.2, -0.15) is 0 Å². The third-order valence-corrected chi connectivity index (χ3v) is 6.20. The molecule has 7 heteroatoms. The van der Waals surface area contributed by atoms with Crippen molar-refractivity contribution < 1.29 is 19.9 Å². The van der Waals surface area contributed by atoms with Crippen molar-refractivity contribution >= 4 is 13.1 Å². The van der Waals surface area contributed by atoms with Crippen molar-refractivity contribution in [1.29, 1.82) is 0 Å². The van der Waals surface area contributed by atoms with E-state index in [0.29, 0.717) is 18.3 Å². The van der Waals surface area contributed by atoms with E-state index in [-0.39, 0.29) is 18.2 Å². The van der Waals surface area contributed by atoms with Crippen LogP contribution in [0.5, 0.6) is 0 Å². The van der Waals surface area contributed by atoms with E-state index >= 15 is 0 Å². The number of aliphatic carboxylic acids is 1. The van der Waals surface area contributed by atoms with Gasteiger partial charge in [0, 0.05) is 12.5 Å². The molecule has 3 atom stereocenters. The zero-order chi connectivity index (χ0) is 18.0. The van der Waals surface area contributed by atoms with Crippen molar-refractivity contribution in [1.82, 2.24) is 4.90 Å². The Balaban J connectivity index is 1.95. The zero-order valence-corrected chi connectivity index (χ0v) is 15.1. The number of nitrogens with two attached hydrogens (primary N) is 1. The quantitative estimate of drug-likeness (QED) is 0.541. The molecule has 2 aliphatic rings. The van der Waals surface area contributed by atoms with Crippen LogP contribution in [0.25, 0.3) is 0 Å². The predicted octanol–water partition coefficient (Wildman–Crippen LogP) is 1.17. The Kier molecular flexibility index (Phi) is 6.34. The minimum atomic E-state index is -1.32. The van der Waals surface area contributed by atoms with E-state index in [4.69, 9.17) is 15.8 Å². The van der Waals surface area contributed by atoms with Gasteiger partial charge in [0.1, 0.15) is 5.54 Å². The van der Waals surface area contributed by atoms with Gasteiger partial charge in [0.05, 0.1) is 0 Å². The summed E-state index contributed by atoms with van der Waals surface area (Å²) in [5.74, 6) is -0.796. The highest BCUT2D eigenvalue weighted by molar-refractivity contribution is 6.40. The molecule has 0 bridgehead atoms. The Morgan fingerprint density at radius 1 is 1.25 bits per heavy atom. The first-order chi connectivity index (χ1) is 11.1. The topological polar surface area (TPSA) is 107 Å². The van der Waals surface area contributed by atoms with E-state index in [1.807, 2.05) is 0 Å². The Morgan fingerprint density at radius 2 is 1.88 bits per heavy atom. The fourth-order valence-corrected chi connectivity index (χ4v) is 4.24. The van der Waals surface area contributed by atoms with Crippen molar-refractivity contribution in [2.24, 2.45) is 23.0 Å². The van der Waals surface area contributed by atoms with E-state index < -0.39 is 18.6 Å².